The summed E-state index contributed by atoms with van der Waals surface area (Å²) in [5.41, 5.74) is 5.59. The van der Waals surface area contributed by atoms with E-state index in [1.54, 1.807) is 0 Å². The van der Waals surface area contributed by atoms with E-state index in [-0.39, 0.29) is 12.5 Å². The Morgan fingerprint density at radius 2 is 1.48 bits per heavy atom. The summed E-state index contributed by atoms with van der Waals surface area (Å²) in [5.74, 6) is 0.856. The molecule has 0 fully saturated rings. The van der Waals surface area contributed by atoms with Gasteiger partial charge in [-0.15, -0.1) is 0 Å². The van der Waals surface area contributed by atoms with Crippen LogP contribution >= 0.6 is 0 Å². The van der Waals surface area contributed by atoms with E-state index in [2.05, 4.69) is 29.6 Å². The summed E-state index contributed by atoms with van der Waals surface area (Å²) in [5, 5.41) is 12.3. The number of aliphatic hydroxyl groups excluding tert-OH is 1. The van der Waals surface area contributed by atoms with E-state index in [1.165, 1.54) is 0 Å². The van der Waals surface area contributed by atoms with Crippen molar-refractivity contribution in [1.82, 2.24) is 5.32 Å². The highest BCUT2D eigenvalue weighted by Crippen LogP contribution is 2.43. The molecule has 5 aromatic carbocycles. The van der Waals surface area contributed by atoms with Crippen LogP contribution in [-0.4, -0.2) is 49.8 Å². The van der Waals surface area contributed by atoms with Crippen molar-refractivity contribution in [1.29, 1.82) is 0 Å². The number of nitrogens with one attached hydrogen (secondary N) is 1. The summed E-state index contributed by atoms with van der Waals surface area (Å²) in [6, 6.07) is 44.1. The monoisotopic (exact) mass is 665 g/mol. The Hall–Kier alpha value is -5.66. The van der Waals surface area contributed by atoms with Crippen LogP contribution < -0.4 is 15.0 Å². The molecule has 6 rings (SSSR count). The molecular weight excluding hydrogens is 622 g/mol. The van der Waals surface area contributed by atoms with Gasteiger partial charge in [0.1, 0.15) is 5.75 Å². The second kappa shape index (κ2) is 16.2. The van der Waals surface area contributed by atoms with Crippen LogP contribution in [0.3, 0.4) is 0 Å². The third-order valence-electron chi connectivity index (χ3n) is 8.80. The molecule has 0 saturated carbocycles. The molecule has 1 aliphatic rings. The summed E-state index contributed by atoms with van der Waals surface area (Å²) < 4.78 is 12.5. The standard InChI is InChI=1S/C43H43N3O4/c1-46(2)38-24-16-33(17-25-38)31-44-42(48)43(28-9-13-32-11-5-3-6-12-32)40(36-20-18-35(19-21-36)34-14-7-4-8-15-34)50-41(45-43)37-22-26-39(27-23-37)49-30-10-29-47/h3-9,11-27,40,47H,10,28-31H2,1-2H3,(H,44,48)/b13-9+/t40-,43-/m1/s1. The first-order valence-electron chi connectivity index (χ1n) is 17.0. The number of rotatable bonds is 14. The van der Waals surface area contributed by atoms with E-state index < -0.39 is 11.6 Å². The van der Waals surface area contributed by atoms with Crippen LogP contribution in [0.15, 0.2) is 145 Å². The largest absolute Gasteiger partial charge is 0.494 e. The zero-order chi connectivity index (χ0) is 34.8. The molecule has 7 nitrogen and oxygen atoms in total. The highest BCUT2D eigenvalue weighted by molar-refractivity contribution is 6.01. The number of nitrogens with zero attached hydrogens (tertiary/aromatic N) is 2. The lowest BCUT2D eigenvalue weighted by molar-refractivity contribution is -0.129. The van der Waals surface area contributed by atoms with E-state index in [4.69, 9.17) is 19.6 Å². The summed E-state index contributed by atoms with van der Waals surface area (Å²) in [6.07, 6.45) is 4.20. The Labute approximate surface area is 294 Å². The number of carbonyl (C=O) groups is 1. The molecule has 0 saturated heterocycles. The fourth-order valence-corrected chi connectivity index (χ4v) is 5.98. The fraction of sp³-hybridized carbons (Fsp3) is 0.209. The van der Waals surface area contributed by atoms with Crippen molar-refractivity contribution in [3.63, 3.8) is 0 Å². The van der Waals surface area contributed by atoms with E-state index in [0.29, 0.717) is 37.6 Å². The predicted molar refractivity (Wildman–Crippen MR) is 201 cm³/mol. The van der Waals surface area contributed by atoms with Crippen LogP contribution in [0.4, 0.5) is 5.69 Å². The molecule has 2 atom stereocenters. The van der Waals surface area contributed by atoms with Gasteiger partial charge in [-0.2, -0.15) is 0 Å². The normalized spacial score (nSPS) is 16.9. The van der Waals surface area contributed by atoms with Crippen LogP contribution in [0.2, 0.25) is 0 Å². The Morgan fingerprint density at radius 3 is 2.14 bits per heavy atom. The van der Waals surface area contributed by atoms with Crippen molar-refractivity contribution in [2.75, 3.05) is 32.2 Å². The van der Waals surface area contributed by atoms with Crippen molar-refractivity contribution in [2.24, 2.45) is 4.99 Å². The van der Waals surface area contributed by atoms with Crippen molar-refractivity contribution in [3.8, 4) is 16.9 Å². The minimum absolute atomic E-state index is 0.0701. The minimum Gasteiger partial charge on any atom is -0.494 e. The molecule has 5 aromatic rings. The summed E-state index contributed by atoms with van der Waals surface area (Å²) in [4.78, 5) is 21.8. The number of hydrogen-bond acceptors (Lipinski definition) is 6. The second-order valence-corrected chi connectivity index (χ2v) is 12.5. The second-order valence-electron chi connectivity index (χ2n) is 12.5. The fourth-order valence-electron chi connectivity index (χ4n) is 5.98. The Kier molecular flexibility index (Phi) is 11.1. The zero-order valence-corrected chi connectivity index (χ0v) is 28.5. The van der Waals surface area contributed by atoms with Crippen LogP contribution in [0.5, 0.6) is 5.75 Å². The number of hydrogen-bond donors (Lipinski definition) is 2. The summed E-state index contributed by atoms with van der Waals surface area (Å²) in [7, 11) is 4.01. The van der Waals surface area contributed by atoms with Crippen molar-refractivity contribution < 1.29 is 19.4 Å². The zero-order valence-electron chi connectivity index (χ0n) is 28.5. The molecule has 1 aliphatic heterocycles. The lowest BCUT2D eigenvalue weighted by Gasteiger charge is -2.30. The molecule has 50 heavy (non-hydrogen) atoms. The van der Waals surface area contributed by atoms with E-state index in [0.717, 1.165) is 39.1 Å². The van der Waals surface area contributed by atoms with Gasteiger partial charge in [0.15, 0.2) is 11.6 Å². The van der Waals surface area contributed by atoms with Crippen LogP contribution in [-0.2, 0) is 16.1 Å². The molecule has 0 spiro atoms. The Balaban J connectivity index is 1.37. The first-order chi connectivity index (χ1) is 24.4. The molecule has 0 unspecified atom stereocenters. The third-order valence-corrected chi connectivity index (χ3v) is 8.80. The molecule has 254 valence electrons. The minimum atomic E-state index is -1.30. The van der Waals surface area contributed by atoms with Gasteiger partial charge in [-0.1, -0.05) is 109 Å². The molecule has 0 radical (unpaired) electrons. The molecular formula is C43H43N3O4. The first kappa shape index (κ1) is 34.2. The lowest BCUT2D eigenvalue weighted by Crippen LogP contribution is -2.47. The molecule has 1 heterocycles. The maximum Gasteiger partial charge on any atom is 0.252 e. The third kappa shape index (κ3) is 8.13. The van der Waals surface area contributed by atoms with E-state index >= 15 is 0 Å². The SMILES string of the molecule is CN(C)c1ccc(CNC(=O)[C@]2(C/C=C/c3ccccc3)N=C(c3ccc(OCCCO)cc3)O[C@@H]2c2ccc(-c3ccccc3)cc2)cc1. The van der Waals surface area contributed by atoms with Crippen molar-refractivity contribution in [3.05, 3.63) is 162 Å². The summed E-state index contributed by atoms with van der Waals surface area (Å²) >= 11 is 0. The van der Waals surface area contributed by atoms with Gasteiger partial charge in [0.25, 0.3) is 5.91 Å². The van der Waals surface area contributed by atoms with Gasteiger partial charge in [-0.25, -0.2) is 4.99 Å². The highest BCUT2D eigenvalue weighted by Gasteiger charge is 2.52. The van der Waals surface area contributed by atoms with Crippen LogP contribution in [0, 0.1) is 0 Å². The Morgan fingerprint density at radius 1 is 0.840 bits per heavy atom. The van der Waals surface area contributed by atoms with Crippen LogP contribution in [0.1, 0.15) is 41.2 Å². The number of amides is 1. The maximum absolute atomic E-state index is 14.6. The first-order valence-corrected chi connectivity index (χ1v) is 17.0. The van der Waals surface area contributed by atoms with Crippen molar-refractivity contribution >= 4 is 23.6 Å². The highest BCUT2D eigenvalue weighted by atomic mass is 16.5. The number of anilines is 1. The molecule has 7 heteroatoms. The Bertz CT molecular complexity index is 1890. The van der Waals surface area contributed by atoms with Crippen molar-refractivity contribution in [2.45, 2.75) is 31.0 Å². The van der Waals surface area contributed by atoms with Gasteiger partial charge in [-0.05, 0) is 64.2 Å². The predicted octanol–water partition coefficient (Wildman–Crippen LogP) is 7.86. The lowest BCUT2D eigenvalue weighted by atomic mass is 9.83. The molecule has 2 N–H and O–H groups in total. The molecule has 0 aromatic heterocycles. The van der Waals surface area contributed by atoms with Gasteiger partial charge >= 0.3 is 0 Å². The topological polar surface area (TPSA) is 83.4 Å². The van der Waals surface area contributed by atoms with Gasteiger partial charge in [0, 0.05) is 51.3 Å². The van der Waals surface area contributed by atoms with Crippen LogP contribution in [0.25, 0.3) is 17.2 Å². The van der Waals surface area contributed by atoms with Gasteiger partial charge in [-0.3, -0.25) is 4.79 Å². The number of ether oxygens (including phenoxy) is 2. The smallest absolute Gasteiger partial charge is 0.252 e. The van der Waals surface area contributed by atoms with Gasteiger partial charge in [0.05, 0.1) is 6.61 Å². The summed E-state index contributed by atoms with van der Waals surface area (Å²) in [6.45, 7) is 0.838. The van der Waals surface area contributed by atoms with Gasteiger partial charge < -0.3 is 24.8 Å². The van der Waals surface area contributed by atoms with E-state index in [1.807, 2.05) is 140 Å². The number of aliphatic imine (C=N–C) groups is 1. The number of aliphatic hydroxyl groups is 1. The van der Waals surface area contributed by atoms with Gasteiger partial charge in [0.2, 0.25) is 5.90 Å². The van der Waals surface area contributed by atoms with E-state index in [9.17, 15) is 4.79 Å². The average Bonchev–Trinajstić information content (AvgIpc) is 3.56. The molecule has 0 aliphatic carbocycles. The number of benzene rings is 5. The quantitative estimate of drug-likeness (QED) is 0.118. The molecule has 0 bridgehead atoms. The average molecular weight is 666 g/mol. The molecule has 1 amide bonds. The number of carbonyl (C=O) groups excluding carboxylic acids is 1. The maximum atomic E-state index is 14.6.